The SMILES string of the molecule is COc1ccc(OC)c(N(CC(=O)N(Cc2ccccc2)[C@@H](Cc2ccccc2)C(=O)NC2CCCCC2)S(=O)(=O)c2ccccc2)c1. The van der Waals surface area contributed by atoms with Gasteiger partial charge in [0.15, 0.2) is 0 Å². The van der Waals surface area contributed by atoms with Crippen LogP contribution in [0.1, 0.15) is 43.2 Å². The van der Waals surface area contributed by atoms with E-state index in [1.165, 1.54) is 37.3 Å². The molecule has 0 saturated heterocycles. The molecule has 0 radical (unpaired) electrons. The molecule has 1 fully saturated rings. The van der Waals surface area contributed by atoms with Crippen LogP contribution in [0.25, 0.3) is 0 Å². The molecule has 9 nitrogen and oxygen atoms in total. The highest BCUT2D eigenvalue weighted by Crippen LogP contribution is 2.36. The lowest BCUT2D eigenvalue weighted by Crippen LogP contribution is -2.55. The highest BCUT2D eigenvalue weighted by molar-refractivity contribution is 7.92. The first-order chi connectivity index (χ1) is 23.3. The predicted octanol–water partition coefficient (Wildman–Crippen LogP) is 5.99. The van der Waals surface area contributed by atoms with Crippen LogP contribution >= 0.6 is 0 Å². The Morgan fingerprint density at radius 2 is 1.40 bits per heavy atom. The summed E-state index contributed by atoms with van der Waals surface area (Å²) in [6.07, 6.45) is 5.24. The van der Waals surface area contributed by atoms with Crippen molar-refractivity contribution in [3.05, 3.63) is 120 Å². The van der Waals surface area contributed by atoms with Crippen LogP contribution in [0, 0.1) is 0 Å². The quantitative estimate of drug-likeness (QED) is 0.177. The van der Waals surface area contributed by atoms with Crippen LogP contribution in [0.4, 0.5) is 5.69 Å². The summed E-state index contributed by atoms with van der Waals surface area (Å²) in [7, 11) is -1.37. The second-order valence-corrected chi connectivity index (χ2v) is 13.8. The molecular weight excluding hydrogens is 627 g/mol. The average Bonchev–Trinajstić information content (AvgIpc) is 3.13. The number of nitrogens with zero attached hydrogens (tertiary/aromatic N) is 2. The van der Waals surface area contributed by atoms with Crippen molar-refractivity contribution in [2.24, 2.45) is 0 Å². The summed E-state index contributed by atoms with van der Waals surface area (Å²) in [4.78, 5) is 30.5. The molecule has 5 rings (SSSR count). The van der Waals surface area contributed by atoms with Crippen molar-refractivity contribution in [2.45, 2.75) is 62.0 Å². The monoisotopic (exact) mass is 669 g/mol. The predicted molar refractivity (Wildman–Crippen MR) is 186 cm³/mol. The second kappa shape index (κ2) is 16.3. The number of ether oxygens (including phenoxy) is 2. The zero-order valence-corrected chi connectivity index (χ0v) is 28.3. The minimum atomic E-state index is -4.29. The Hall–Kier alpha value is -4.83. The third kappa shape index (κ3) is 8.55. The van der Waals surface area contributed by atoms with Gasteiger partial charge in [0.2, 0.25) is 11.8 Å². The summed E-state index contributed by atoms with van der Waals surface area (Å²) in [5.41, 5.74) is 1.83. The number of benzene rings is 4. The molecule has 1 saturated carbocycles. The first kappa shape index (κ1) is 34.5. The van der Waals surface area contributed by atoms with Gasteiger partial charge in [0, 0.05) is 25.1 Å². The lowest BCUT2D eigenvalue weighted by molar-refractivity contribution is -0.140. The van der Waals surface area contributed by atoms with Crippen LogP contribution < -0.4 is 19.1 Å². The largest absolute Gasteiger partial charge is 0.497 e. The number of sulfonamides is 1. The van der Waals surface area contributed by atoms with Gasteiger partial charge in [-0.2, -0.15) is 0 Å². The van der Waals surface area contributed by atoms with Crippen molar-refractivity contribution in [3.8, 4) is 11.5 Å². The molecule has 4 aromatic rings. The standard InChI is InChI=1S/C38H43N3O6S/c1-46-32-23-24-36(47-2)34(26-32)41(48(44,45)33-21-13-6-14-22-33)28-37(42)40(27-30-17-9-4-10-18-30)35(25-29-15-7-3-8-16-29)38(43)39-31-19-11-5-12-20-31/h3-4,6-10,13-18,21-24,26,31,35H,5,11-12,19-20,25,27-28H2,1-2H3,(H,39,43)/t35-/m0/s1. The fourth-order valence-corrected chi connectivity index (χ4v) is 7.54. The molecule has 0 aromatic heterocycles. The zero-order valence-electron chi connectivity index (χ0n) is 27.5. The Morgan fingerprint density at radius 1 is 0.792 bits per heavy atom. The molecule has 0 unspecified atom stereocenters. The molecule has 2 amide bonds. The summed E-state index contributed by atoms with van der Waals surface area (Å²) in [5, 5.41) is 3.23. The van der Waals surface area contributed by atoms with E-state index in [1.807, 2.05) is 60.7 Å². The first-order valence-corrected chi connectivity index (χ1v) is 17.7. The van der Waals surface area contributed by atoms with E-state index in [1.54, 1.807) is 30.3 Å². The fourth-order valence-electron chi connectivity index (χ4n) is 6.10. The Kier molecular flexibility index (Phi) is 11.7. The molecule has 0 spiro atoms. The van der Waals surface area contributed by atoms with Gasteiger partial charge < -0.3 is 19.7 Å². The van der Waals surface area contributed by atoms with E-state index in [-0.39, 0.29) is 41.2 Å². The Bertz CT molecular complexity index is 1750. The summed E-state index contributed by atoms with van der Waals surface area (Å²) < 4.78 is 40.8. The minimum absolute atomic E-state index is 0.00756. The zero-order chi connectivity index (χ0) is 33.9. The number of hydrogen-bond acceptors (Lipinski definition) is 6. The van der Waals surface area contributed by atoms with Crippen molar-refractivity contribution < 1.29 is 27.5 Å². The van der Waals surface area contributed by atoms with Gasteiger partial charge in [-0.1, -0.05) is 98.1 Å². The highest BCUT2D eigenvalue weighted by atomic mass is 32.2. The van der Waals surface area contributed by atoms with Gasteiger partial charge in [-0.05, 0) is 48.2 Å². The number of hydrogen-bond donors (Lipinski definition) is 1. The maximum absolute atomic E-state index is 14.8. The van der Waals surface area contributed by atoms with Crippen molar-refractivity contribution in [1.29, 1.82) is 0 Å². The summed E-state index contributed by atoms with van der Waals surface area (Å²) in [5.74, 6) is -0.163. The normalized spacial score (nSPS) is 14.0. The molecule has 1 N–H and O–H groups in total. The van der Waals surface area contributed by atoms with Gasteiger partial charge in [0.25, 0.3) is 10.0 Å². The van der Waals surface area contributed by atoms with Gasteiger partial charge in [-0.15, -0.1) is 0 Å². The molecule has 1 aliphatic carbocycles. The second-order valence-electron chi connectivity index (χ2n) is 11.9. The van der Waals surface area contributed by atoms with Gasteiger partial charge in [-0.3, -0.25) is 13.9 Å². The average molecular weight is 670 g/mol. The number of carbonyl (C=O) groups excluding carboxylic acids is 2. The van der Waals surface area contributed by atoms with Crippen LogP contribution in [0.2, 0.25) is 0 Å². The van der Waals surface area contributed by atoms with E-state index in [0.29, 0.717) is 5.75 Å². The Labute approximate surface area is 283 Å². The van der Waals surface area contributed by atoms with Crippen LogP contribution in [0.5, 0.6) is 11.5 Å². The van der Waals surface area contributed by atoms with E-state index < -0.39 is 28.5 Å². The van der Waals surface area contributed by atoms with Crippen molar-refractivity contribution in [1.82, 2.24) is 10.2 Å². The maximum Gasteiger partial charge on any atom is 0.264 e. The van der Waals surface area contributed by atoms with Crippen LogP contribution in [0.3, 0.4) is 0 Å². The molecular formula is C38H43N3O6S. The topological polar surface area (TPSA) is 105 Å². The number of nitrogens with one attached hydrogen (secondary N) is 1. The minimum Gasteiger partial charge on any atom is -0.497 e. The molecule has 0 bridgehead atoms. The molecule has 0 aliphatic heterocycles. The van der Waals surface area contributed by atoms with Gasteiger partial charge in [-0.25, -0.2) is 8.42 Å². The highest BCUT2D eigenvalue weighted by Gasteiger charge is 2.36. The summed E-state index contributed by atoms with van der Waals surface area (Å²) in [6.45, 7) is -0.487. The molecule has 1 aliphatic rings. The number of anilines is 1. The van der Waals surface area contributed by atoms with Gasteiger partial charge in [0.1, 0.15) is 24.1 Å². The third-order valence-electron chi connectivity index (χ3n) is 8.68. The Balaban J connectivity index is 1.59. The lowest BCUT2D eigenvalue weighted by Gasteiger charge is -2.35. The van der Waals surface area contributed by atoms with Crippen LogP contribution in [-0.4, -0.2) is 58.0 Å². The van der Waals surface area contributed by atoms with E-state index in [4.69, 9.17) is 9.47 Å². The van der Waals surface area contributed by atoms with Crippen molar-refractivity contribution in [3.63, 3.8) is 0 Å². The van der Waals surface area contributed by atoms with E-state index in [2.05, 4.69) is 5.32 Å². The van der Waals surface area contributed by atoms with Gasteiger partial charge in [0.05, 0.1) is 24.8 Å². The smallest absolute Gasteiger partial charge is 0.264 e. The van der Waals surface area contributed by atoms with Crippen LogP contribution in [-0.2, 0) is 32.6 Å². The van der Waals surface area contributed by atoms with Crippen LogP contribution in [0.15, 0.2) is 114 Å². The fraction of sp³-hybridized carbons (Fsp3) is 0.316. The van der Waals surface area contributed by atoms with Gasteiger partial charge >= 0.3 is 0 Å². The molecule has 10 heteroatoms. The third-order valence-corrected chi connectivity index (χ3v) is 10.5. The maximum atomic E-state index is 14.8. The molecule has 4 aromatic carbocycles. The van der Waals surface area contributed by atoms with Crippen molar-refractivity contribution >= 4 is 27.5 Å². The van der Waals surface area contributed by atoms with Crippen molar-refractivity contribution in [2.75, 3.05) is 25.1 Å². The number of methoxy groups -OCH3 is 2. The summed E-state index contributed by atoms with van der Waals surface area (Å²) in [6, 6.07) is 30.8. The number of amides is 2. The van der Waals surface area contributed by atoms with E-state index in [0.717, 1.165) is 47.5 Å². The number of rotatable bonds is 14. The molecule has 252 valence electrons. The van der Waals surface area contributed by atoms with E-state index >= 15 is 0 Å². The van der Waals surface area contributed by atoms with E-state index in [9.17, 15) is 18.0 Å². The first-order valence-electron chi connectivity index (χ1n) is 16.3. The molecule has 48 heavy (non-hydrogen) atoms. The number of carbonyl (C=O) groups is 2. The lowest BCUT2D eigenvalue weighted by atomic mass is 9.94. The molecule has 0 heterocycles. The molecule has 1 atom stereocenters. The summed E-state index contributed by atoms with van der Waals surface area (Å²) >= 11 is 0. The Morgan fingerprint density at radius 3 is 2.00 bits per heavy atom.